The normalized spacial score (nSPS) is 15.9. The highest BCUT2D eigenvalue weighted by atomic mass is 32.2. The molecule has 0 aromatic rings. The second-order valence-electron chi connectivity index (χ2n) is 8.87. The molecule has 0 rings (SSSR count). The predicted octanol–water partition coefficient (Wildman–Crippen LogP) is 6.07. The molecule has 0 saturated carbocycles. The number of hydrogen-bond acceptors (Lipinski definition) is 3. The molecule has 0 heterocycles. The van der Waals surface area contributed by atoms with Crippen LogP contribution in [0.4, 0.5) is 13.2 Å². The van der Waals surface area contributed by atoms with Gasteiger partial charge in [-0.15, -0.1) is 0 Å². The van der Waals surface area contributed by atoms with Crippen molar-refractivity contribution in [2.45, 2.75) is 122 Å². The number of carbonyl (C=O) groups excluding carboxylic acids is 1. The Morgan fingerprint density at radius 2 is 1.45 bits per heavy atom. The SMILES string of the molecule is CCCCCCCCCC[C@@H](C(=O)OC(C)C)[C@@H](N[S@](=O)C(C)(C)C)C(F)(F)F. The van der Waals surface area contributed by atoms with Crippen LogP contribution in [0, 0.1) is 5.92 Å². The standard InChI is InChI=1S/C21H40F3NO3S/c1-7-8-9-10-11-12-13-14-15-17(19(26)28-16(2)3)18(21(22,23)24)25-29(27)20(4,5)6/h16-18,25H,7-15H2,1-6H3/t17-,18-,29-/m1/s1. The van der Waals surface area contributed by atoms with Crippen molar-refractivity contribution >= 4 is 17.0 Å². The summed E-state index contributed by atoms with van der Waals surface area (Å²) in [5, 5.41) is 0. The second-order valence-corrected chi connectivity index (χ2v) is 10.9. The molecular formula is C21H40F3NO3S. The molecule has 29 heavy (non-hydrogen) atoms. The van der Waals surface area contributed by atoms with Gasteiger partial charge in [0.05, 0.1) is 27.8 Å². The van der Waals surface area contributed by atoms with Crippen LogP contribution in [-0.2, 0) is 20.5 Å². The quantitative estimate of drug-likeness (QED) is 0.262. The van der Waals surface area contributed by atoms with Crippen LogP contribution in [0.5, 0.6) is 0 Å². The molecule has 1 N–H and O–H groups in total. The lowest BCUT2D eigenvalue weighted by Gasteiger charge is -2.31. The third-order valence-electron chi connectivity index (χ3n) is 4.57. The van der Waals surface area contributed by atoms with E-state index >= 15 is 0 Å². The van der Waals surface area contributed by atoms with Crippen molar-refractivity contribution in [1.29, 1.82) is 0 Å². The van der Waals surface area contributed by atoms with Crippen LogP contribution >= 0.6 is 0 Å². The third-order valence-corrected chi connectivity index (χ3v) is 6.15. The number of rotatable bonds is 14. The summed E-state index contributed by atoms with van der Waals surface area (Å²) in [6.07, 6.45) is 2.78. The molecule has 0 aliphatic heterocycles. The Hall–Kier alpha value is -0.630. The van der Waals surface area contributed by atoms with Gasteiger partial charge in [-0.2, -0.15) is 13.2 Å². The van der Waals surface area contributed by atoms with E-state index in [1.54, 1.807) is 34.6 Å². The maximum absolute atomic E-state index is 13.8. The first-order valence-electron chi connectivity index (χ1n) is 10.8. The van der Waals surface area contributed by atoms with E-state index in [0.29, 0.717) is 6.42 Å². The van der Waals surface area contributed by atoms with Gasteiger partial charge in [-0.25, -0.2) is 8.93 Å². The zero-order chi connectivity index (χ0) is 22.7. The zero-order valence-electron chi connectivity index (χ0n) is 18.9. The van der Waals surface area contributed by atoms with E-state index < -0.39 is 45.9 Å². The molecule has 8 heteroatoms. The first kappa shape index (κ1) is 28.4. The summed E-state index contributed by atoms with van der Waals surface area (Å²) in [4.78, 5) is 12.4. The smallest absolute Gasteiger partial charge is 0.405 e. The van der Waals surface area contributed by atoms with Gasteiger partial charge >= 0.3 is 12.1 Å². The van der Waals surface area contributed by atoms with Crippen LogP contribution in [0.25, 0.3) is 0 Å². The summed E-state index contributed by atoms with van der Waals surface area (Å²) in [6, 6.07) is -2.20. The van der Waals surface area contributed by atoms with Crippen molar-refractivity contribution in [3.8, 4) is 0 Å². The molecule has 0 unspecified atom stereocenters. The monoisotopic (exact) mass is 443 g/mol. The van der Waals surface area contributed by atoms with Crippen LogP contribution in [0.15, 0.2) is 0 Å². The summed E-state index contributed by atoms with van der Waals surface area (Å²) in [7, 11) is -1.96. The Morgan fingerprint density at radius 3 is 1.86 bits per heavy atom. The van der Waals surface area contributed by atoms with Crippen molar-refractivity contribution in [3.05, 3.63) is 0 Å². The Balaban J connectivity index is 5.08. The minimum Gasteiger partial charge on any atom is -0.463 e. The number of nitrogens with one attached hydrogen (secondary N) is 1. The molecule has 3 atom stereocenters. The van der Waals surface area contributed by atoms with Gasteiger partial charge in [0.1, 0.15) is 6.04 Å². The fourth-order valence-electron chi connectivity index (χ4n) is 2.91. The van der Waals surface area contributed by atoms with Crippen LogP contribution in [0.1, 0.15) is 99.3 Å². The van der Waals surface area contributed by atoms with E-state index in [9.17, 15) is 22.2 Å². The summed E-state index contributed by atoms with van der Waals surface area (Å²) in [5.41, 5.74) is 0. The van der Waals surface area contributed by atoms with Crippen LogP contribution in [0.3, 0.4) is 0 Å². The van der Waals surface area contributed by atoms with E-state index in [1.807, 2.05) is 0 Å². The minimum absolute atomic E-state index is 0.0546. The van der Waals surface area contributed by atoms with Gasteiger partial charge in [0, 0.05) is 0 Å². The lowest BCUT2D eigenvalue weighted by Crippen LogP contribution is -2.53. The molecule has 0 aliphatic carbocycles. The topological polar surface area (TPSA) is 55.4 Å². The van der Waals surface area contributed by atoms with Gasteiger partial charge in [-0.1, -0.05) is 58.3 Å². The molecule has 0 amide bonds. The molecule has 0 aromatic heterocycles. The largest absolute Gasteiger partial charge is 0.463 e. The molecular weight excluding hydrogens is 403 g/mol. The lowest BCUT2D eigenvalue weighted by molar-refractivity contribution is -0.181. The Morgan fingerprint density at radius 1 is 0.966 bits per heavy atom. The Bertz CT molecular complexity index is 491. The van der Waals surface area contributed by atoms with Crippen molar-refractivity contribution in [2.75, 3.05) is 0 Å². The van der Waals surface area contributed by atoms with E-state index in [0.717, 1.165) is 25.7 Å². The van der Waals surface area contributed by atoms with Crippen molar-refractivity contribution in [1.82, 2.24) is 4.72 Å². The van der Waals surface area contributed by atoms with Gasteiger partial charge in [0.2, 0.25) is 0 Å². The molecule has 0 aliphatic rings. The highest BCUT2D eigenvalue weighted by molar-refractivity contribution is 7.84. The zero-order valence-corrected chi connectivity index (χ0v) is 19.7. The number of esters is 1. The molecule has 0 saturated heterocycles. The van der Waals surface area contributed by atoms with Crippen LogP contribution in [-0.4, -0.2) is 33.2 Å². The van der Waals surface area contributed by atoms with Gasteiger partial charge in [-0.3, -0.25) is 4.79 Å². The number of carbonyl (C=O) groups is 1. The lowest BCUT2D eigenvalue weighted by atomic mass is 9.93. The maximum Gasteiger partial charge on any atom is 0.405 e. The highest BCUT2D eigenvalue weighted by Gasteiger charge is 2.49. The first-order chi connectivity index (χ1) is 13.3. The summed E-state index contributed by atoms with van der Waals surface area (Å²) >= 11 is 0. The molecule has 0 aromatic carbocycles. The number of ether oxygens (including phenoxy) is 1. The van der Waals surface area contributed by atoms with Gasteiger partial charge in [0.15, 0.2) is 0 Å². The Kier molecular flexibility index (Phi) is 13.3. The van der Waals surface area contributed by atoms with E-state index in [2.05, 4.69) is 11.6 Å². The fourth-order valence-corrected chi connectivity index (χ4v) is 3.79. The number of unbranched alkanes of at least 4 members (excludes halogenated alkanes) is 7. The maximum atomic E-state index is 13.8. The van der Waals surface area contributed by atoms with Gasteiger partial charge in [0.25, 0.3) is 0 Å². The average molecular weight is 444 g/mol. The van der Waals surface area contributed by atoms with E-state index in [4.69, 9.17) is 4.74 Å². The average Bonchev–Trinajstić information content (AvgIpc) is 2.56. The van der Waals surface area contributed by atoms with Crippen LogP contribution < -0.4 is 4.72 Å². The Labute approximate surface area is 177 Å². The van der Waals surface area contributed by atoms with Crippen molar-refractivity contribution < 1.29 is 26.9 Å². The summed E-state index contributed by atoms with van der Waals surface area (Å²) in [5.74, 6) is -2.30. The van der Waals surface area contributed by atoms with E-state index in [-0.39, 0.29) is 6.42 Å². The summed E-state index contributed by atoms with van der Waals surface area (Å²) in [6.45, 7) is 10.1. The minimum atomic E-state index is -4.71. The number of halogens is 3. The third kappa shape index (κ3) is 12.6. The van der Waals surface area contributed by atoms with Crippen LogP contribution in [0.2, 0.25) is 0 Å². The van der Waals surface area contributed by atoms with Gasteiger partial charge in [-0.05, 0) is 41.0 Å². The van der Waals surface area contributed by atoms with Crippen molar-refractivity contribution in [2.24, 2.45) is 5.92 Å². The molecule has 0 radical (unpaired) electrons. The molecule has 0 fully saturated rings. The van der Waals surface area contributed by atoms with Gasteiger partial charge < -0.3 is 4.74 Å². The first-order valence-corrected chi connectivity index (χ1v) is 11.9. The number of hydrogen-bond donors (Lipinski definition) is 1. The molecule has 4 nitrogen and oxygen atoms in total. The predicted molar refractivity (Wildman–Crippen MR) is 113 cm³/mol. The molecule has 174 valence electrons. The fraction of sp³-hybridized carbons (Fsp3) is 0.952. The second kappa shape index (κ2) is 13.6. The van der Waals surface area contributed by atoms with Crippen molar-refractivity contribution in [3.63, 3.8) is 0 Å². The molecule has 0 bridgehead atoms. The number of alkyl halides is 3. The highest BCUT2D eigenvalue weighted by Crippen LogP contribution is 2.31. The molecule has 0 spiro atoms. The summed E-state index contributed by atoms with van der Waals surface area (Å²) < 4.78 is 60.0. The van der Waals surface area contributed by atoms with E-state index in [1.165, 1.54) is 19.3 Å².